The Kier molecular flexibility index (Phi) is 5.20. The van der Waals surface area contributed by atoms with Gasteiger partial charge in [0.1, 0.15) is 0 Å². The lowest BCUT2D eigenvalue weighted by atomic mass is 9.96. The minimum atomic E-state index is 0.440. The second kappa shape index (κ2) is 7.13. The smallest absolute Gasteiger partial charge is 0.222 e. The summed E-state index contributed by atoms with van der Waals surface area (Å²) in [6, 6.07) is 1.87. The highest BCUT2D eigenvalue weighted by atomic mass is 16.2. The molecule has 2 atom stereocenters. The van der Waals surface area contributed by atoms with Crippen molar-refractivity contribution in [2.24, 2.45) is 5.92 Å². The Balaban J connectivity index is 1.53. The zero-order valence-corrected chi connectivity index (χ0v) is 13.7. The molecule has 0 radical (unpaired) electrons. The number of piperidine rings is 1. The first kappa shape index (κ1) is 15.3. The van der Waals surface area contributed by atoms with Crippen LogP contribution >= 0.6 is 0 Å². The maximum absolute atomic E-state index is 12.7. The number of fused-ring (bicyclic) bond motifs is 2. The summed E-state index contributed by atoms with van der Waals surface area (Å²) < 4.78 is 0. The van der Waals surface area contributed by atoms with Crippen LogP contribution in [0.2, 0.25) is 0 Å². The topological polar surface area (TPSA) is 32.3 Å². The van der Waals surface area contributed by atoms with Crippen LogP contribution in [0.25, 0.3) is 0 Å². The van der Waals surface area contributed by atoms with Crippen LogP contribution in [-0.2, 0) is 4.79 Å². The fourth-order valence-corrected chi connectivity index (χ4v) is 4.80. The Hall–Kier alpha value is -0.570. The van der Waals surface area contributed by atoms with Gasteiger partial charge in [0.15, 0.2) is 0 Å². The summed E-state index contributed by atoms with van der Waals surface area (Å²) in [6.07, 6.45) is 13.5. The summed E-state index contributed by atoms with van der Waals surface area (Å²) in [5, 5.41) is 3.69. The molecule has 0 spiro atoms. The molecular formula is C18H32N2O. The van der Waals surface area contributed by atoms with Gasteiger partial charge in [0.25, 0.3) is 0 Å². The molecule has 3 nitrogen and oxygen atoms in total. The van der Waals surface area contributed by atoms with Gasteiger partial charge in [0.05, 0.1) is 0 Å². The minimum absolute atomic E-state index is 0.440. The molecule has 3 heteroatoms. The van der Waals surface area contributed by atoms with Gasteiger partial charge in [-0.15, -0.1) is 0 Å². The molecule has 1 N–H and O–H groups in total. The van der Waals surface area contributed by atoms with Crippen LogP contribution < -0.4 is 5.32 Å². The Labute approximate surface area is 129 Å². The number of amides is 1. The molecule has 21 heavy (non-hydrogen) atoms. The molecule has 1 saturated carbocycles. The van der Waals surface area contributed by atoms with E-state index in [1.807, 2.05) is 0 Å². The summed E-state index contributed by atoms with van der Waals surface area (Å²) in [5.74, 6) is 1.27. The third-order valence-electron chi connectivity index (χ3n) is 5.92. The highest BCUT2D eigenvalue weighted by molar-refractivity contribution is 5.76. The normalized spacial score (nSPS) is 32.5. The Morgan fingerprint density at radius 3 is 2.38 bits per heavy atom. The summed E-state index contributed by atoms with van der Waals surface area (Å²) in [7, 11) is 0. The highest BCUT2D eigenvalue weighted by Crippen LogP contribution is 2.32. The van der Waals surface area contributed by atoms with Crippen LogP contribution in [0.4, 0.5) is 0 Å². The number of rotatable bonds is 6. The van der Waals surface area contributed by atoms with E-state index in [9.17, 15) is 4.79 Å². The van der Waals surface area contributed by atoms with Crippen LogP contribution in [-0.4, -0.2) is 35.5 Å². The lowest BCUT2D eigenvalue weighted by Gasteiger charge is -2.38. The van der Waals surface area contributed by atoms with Gasteiger partial charge in [-0.1, -0.05) is 32.6 Å². The summed E-state index contributed by atoms with van der Waals surface area (Å²) >= 11 is 0. The molecule has 3 aliphatic rings. The molecule has 2 saturated heterocycles. The average Bonchev–Trinajstić information content (AvgIpc) is 3.12. The molecule has 0 aromatic heterocycles. The van der Waals surface area contributed by atoms with E-state index in [0.29, 0.717) is 24.0 Å². The maximum Gasteiger partial charge on any atom is 0.222 e. The van der Waals surface area contributed by atoms with Gasteiger partial charge in [0.2, 0.25) is 5.91 Å². The van der Waals surface area contributed by atoms with Crippen LogP contribution in [0.15, 0.2) is 0 Å². The maximum atomic E-state index is 12.7. The van der Waals surface area contributed by atoms with Crippen molar-refractivity contribution in [2.75, 3.05) is 6.54 Å². The Bertz CT molecular complexity index is 339. The summed E-state index contributed by atoms with van der Waals surface area (Å²) in [5.41, 5.74) is 0. The monoisotopic (exact) mass is 292 g/mol. The molecule has 3 rings (SSSR count). The molecule has 0 aromatic carbocycles. The molecular weight excluding hydrogens is 260 g/mol. The van der Waals surface area contributed by atoms with Crippen molar-refractivity contribution in [3.05, 3.63) is 0 Å². The second-order valence-corrected chi connectivity index (χ2v) is 7.54. The zero-order chi connectivity index (χ0) is 14.7. The molecule has 1 aliphatic carbocycles. The molecule has 2 aliphatic heterocycles. The first-order chi connectivity index (χ1) is 10.3. The van der Waals surface area contributed by atoms with Crippen molar-refractivity contribution < 1.29 is 4.79 Å². The number of nitrogens with zero attached hydrogens (tertiary/aromatic N) is 1. The lowest BCUT2D eigenvalue weighted by Crippen LogP contribution is -2.50. The standard InChI is InChI=1S/C18H32N2O/c1-2-11-20(17-12-15-8-9-16(13-17)19-15)18(21)10-7-14-5-3-4-6-14/h14-17,19H,2-13H2,1H3. The third kappa shape index (κ3) is 3.80. The first-order valence-electron chi connectivity index (χ1n) is 9.31. The number of nitrogens with one attached hydrogen (secondary N) is 1. The number of hydrogen-bond donors (Lipinski definition) is 1. The van der Waals surface area contributed by atoms with Crippen molar-refractivity contribution >= 4 is 5.91 Å². The van der Waals surface area contributed by atoms with Gasteiger partial charge in [-0.3, -0.25) is 4.79 Å². The van der Waals surface area contributed by atoms with Crippen LogP contribution in [0.5, 0.6) is 0 Å². The lowest BCUT2D eigenvalue weighted by molar-refractivity contribution is -0.134. The van der Waals surface area contributed by atoms with E-state index >= 15 is 0 Å². The zero-order valence-electron chi connectivity index (χ0n) is 13.7. The van der Waals surface area contributed by atoms with Crippen LogP contribution in [0.1, 0.15) is 77.6 Å². The summed E-state index contributed by atoms with van der Waals surface area (Å²) in [6.45, 7) is 3.17. The van der Waals surface area contributed by atoms with Gasteiger partial charge in [0, 0.05) is 31.1 Å². The van der Waals surface area contributed by atoms with Gasteiger partial charge in [-0.2, -0.15) is 0 Å². The van der Waals surface area contributed by atoms with Crippen molar-refractivity contribution in [2.45, 2.75) is 95.7 Å². The van der Waals surface area contributed by atoms with Gasteiger partial charge >= 0.3 is 0 Å². The fourth-order valence-electron chi connectivity index (χ4n) is 4.80. The van der Waals surface area contributed by atoms with Crippen molar-refractivity contribution in [3.63, 3.8) is 0 Å². The van der Waals surface area contributed by atoms with E-state index in [1.165, 1.54) is 51.4 Å². The van der Waals surface area contributed by atoms with Crippen molar-refractivity contribution in [1.82, 2.24) is 10.2 Å². The quantitative estimate of drug-likeness (QED) is 0.813. The Morgan fingerprint density at radius 1 is 1.10 bits per heavy atom. The molecule has 2 heterocycles. The minimum Gasteiger partial charge on any atom is -0.340 e. The fraction of sp³-hybridized carbons (Fsp3) is 0.944. The number of carbonyl (C=O) groups is 1. The predicted molar refractivity (Wildman–Crippen MR) is 86.2 cm³/mol. The third-order valence-corrected chi connectivity index (χ3v) is 5.92. The molecule has 2 unspecified atom stereocenters. The van der Waals surface area contributed by atoms with Gasteiger partial charge < -0.3 is 10.2 Å². The predicted octanol–water partition coefficient (Wildman–Crippen LogP) is 3.48. The van der Waals surface area contributed by atoms with E-state index in [0.717, 1.165) is 31.7 Å². The van der Waals surface area contributed by atoms with E-state index < -0.39 is 0 Å². The SMILES string of the molecule is CCCN(C(=O)CCC1CCCC1)C1CC2CCC(C1)N2. The van der Waals surface area contributed by atoms with E-state index in [2.05, 4.69) is 17.1 Å². The van der Waals surface area contributed by atoms with E-state index in [4.69, 9.17) is 0 Å². The number of hydrogen-bond acceptors (Lipinski definition) is 2. The highest BCUT2D eigenvalue weighted by Gasteiger charge is 2.37. The average molecular weight is 292 g/mol. The largest absolute Gasteiger partial charge is 0.340 e. The van der Waals surface area contributed by atoms with Crippen LogP contribution in [0, 0.1) is 5.92 Å². The Morgan fingerprint density at radius 2 is 1.76 bits per heavy atom. The van der Waals surface area contributed by atoms with E-state index in [-0.39, 0.29) is 0 Å². The molecule has 0 aromatic rings. The van der Waals surface area contributed by atoms with Gasteiger partial charge in [-0.25, -0.2) is 0 Å². The molecule has 120 valence electrons. The van der Waals surface area contributed by atoms with Crippen LogP contribution in [0.3, 0.4) is 0 Å². The summed E-state index contributed by atoms with van der Waals surface area (Å²) in [4.78, 5) is 15.0. The van der Waals surface area contributed by atoms with E-state index in [1.54, 1.807) is 0 Å². The van der Waals surface area contributed by atoms with Crippen molar-refractivity contribution in [1.29, 1.82) is 0 Å². The van der Waals surface area contributed by atoms with Gasteiger partial charge in [-0.05, 0) is 44.4 Å². The van der Waals surface area contributed by atoms with Crippen molar-refractivity contribution in [3.8, 4) is 0 Å². The number of carbonyl (C=O) groups excluding carboxylic acids is 1. The second-order valence-electron chi connectivity index (χ2n) is 7.54. The molecule has 1 amide bonds. The molecule has 2 bridgehead atoms. The molecule has 3 fully saturated rings. The first-order valence-corrected chi connectivity index (χ1v) is 9.31.